The molecule has 0 aliphatic carbocycles. The molecule has 168 valence electrons. The largest absolute Gasteiger partial charge is 0.497 e. The van der Waals surface area contributed by atoms with Crippen molar-refractivity contribution in [3.8, 4) is 5.75 Å². The lowest BCUT2D eigenvalue weighted by Gasteiger charge is -2.43. The Kier molecular flexibility index (Phi) is 5.42. The third-order valence-corrected chi connectivity index (χ3v) is 6.42. The van der Waals surface area contributed by atoms with Crippen molar-refractivity contribution in [3.05, 3.63) is 88.1 Å². The van der Waals surface area contributed by atoms with Crippen LogP contribution in [0.1, 0.15) is 38.7 Å². The second-order valence-corrected chi connectivity index (χ2v) is 8.51. The monoisotopic (exact) mass is 444 g/mol. The molecule has 2 amide bonds. The molecule has 3 aromatic rings. The SMILES string of the molecule is COc1ccc(C(=O)N2CC3CC(C2)c2ccc(NC(=O)c4ccncc4)c(=O)n2C3)cc1. The van der Waals surface area contributed by atoms with Crippen LogP contribution < -0.4 is 15.6 Å². The summed E-state index contributed by atoms with van der Waals surface area (Å²) in [6, 6.07) is 13.9. The second kappa shape index (κ2) is 8.54. The van der Waals surface area contributed by atoms with E-state index in [1.165, 1.54) is 12.4 Å². The van der Waals surface area contributed by atoms with Crippen LogP contribution in [0.15, 0.2) is 65.7 Å². The first-order valence-corrected chi connectivity index (χ1v) is 10.9. The van der Waals surface area contributed by atoms with E-state index in [0.717, 1.165) is 12.1 Å². The molecule has 33 heavy (non-hydrogen) atoms. The zero-order valence-corrected chi connectivity index (χ0v) is 18.2. The number of ether oxygens (including phenoxy) is 1. The van der Waals surface area contributed by atoms with Crippen LogP contribution in [0.5, 0.6) is 5.75 Å². The Labute approximate surface area is 190 Å². The lowest BCUT2D eigenvalue weighted by atomic mass is 9.83. The Bertz CT molecular complexity index is 1250. The van der Waals surface area contributed by atoms with E-state index in [9.17, 15) is 14.4 Å². The summed E-state index contributed by atoms with van der Waals surface area (Å²) in [7, 11) is 1.60. The van der Waals surface area contributed by atoms with Crippen molar-refractivity contribution in [3.63, 3.8) is 0 Å². The lowest BCUT2D eigenvalue weighted by molar-refractivity contribution is 0.0594. The van der Waals surface area contributed by atoms with Gasteiger partial charge in [0.15, 0.2) is 0 Å². The number of nitrogens with zero attached hydrogens (tertiary/aromatic N) is 3. The van der Waals surface area contributed by atoms with Gasteiger partial charge < -0.3 is 19.5 Å². The number of fused-ring (bicyclic) bond motifs is 4. The Morgan fingerprint density at radius 1 is 0.970 bits per heavy atom. The van der Waals surface area contributed by atoms with Gasteiger partial charge in [0.2, 0.25) is 0 Å². The van der Waals surface area contributed by atoms with E-state index < -0.39 is 0 Å². The molecule has 1 aromatic carbocycles. The van der Waals surface area contributed by atoms with Gasteiger partial charge in [0.25, 0.3) is 17.4 Å². The average Bonchev–Trinajstić information content (AvgIpc) is 2.86. The number of rotatable bonds is 4. The zero-order chi connectivity index (χ0) is 22.9. The smallest absolute Gasteiger partial charge is 0.274 e. The number of methoxy groups -OCH3 is 1. The highest BCUT2D eigenvalue weighted by Gasteiger charge is 2.37. The van der Waals surface area contributed by atoms with Crippen LogP contribution in [0, 0.1) is 5.92 Å². The minimum absolute atomic E-state index is 0.00983. The maximum absolute atomic E-state index is 13.2. The van der Waals surface area contributed by atoms with Gasteiger partial charge in [0.1, 0.15) is 11.4 Å². The van der Waals surface area contributed by atoms with Crippen LogP contribution in [0.3, 0.4) is 0 Å². The number of aromatic nitrogens is 2. The van der Waals surface area contributed by atoms with Gasteiger partial charge in [-0.3, -0.25) is 19.4 Å². The summed E-state index contributed by atoms with van der Waals surface area (Å²) in [6.07, 6.45) is 4.01. The van der Waals surface area contributed by atoms with Crippen LogP contribution in [0.2, 0.25) is 0 Å². The summed E-state index contributed by atoms with van der Waals surface area (Å²) in [6.45, 7) is 1.68. The minimum atomic E-state index is -0.345. The summed E-state index contributed by atoms with van der Waals surface area (Å²) < 4.78 is 6.94. The second-order valence-electron chi connectivity index (χ2n) is 8.51. The third-order valence-electron chi connectivity index (χ3n) is 6.42. The topological polar surface area (TPSA) is 93.5 Å². The Morgan fingerprint density at radius 2 is 1.73 bits per heavy atom. The van der Waals surface area contributed by atoms with Gasteiger partial charge in [0, 0.05) is 54.8 Å². The number of pyridine rings is 2. The van der Waals surface area contributed by atoms with Gasteiger partial charge in [-0.15, -0.1) is 0 Å². The number of likely N-dealkylation sites (tertiary alicyclic amines) is 1. The van der Waals surface area contributed by atoms with Gasteiger partial charge in [0.05, 0.1) is 7.11 Å². The highest BCUT2D eigenvalue weighted by atomic mass is 16.5. The number of anilines is 1. The zero-order valence-electron chi connectivity index (χ0n) is 18.2. The molecule has 1 N–H and O–H groups in total. The van der Waals surface area contributed by atoms with Crippen LogP contribution in [0.4, 0.5) is 5.69 Å². The quantitative estimate of drug-likeness (QED) is 0.668. The number of hydrogen-bond acceptors (Lipinski definition) is 5. The summed E-state index contributed by atoms with van der Waals surface area (Å²) in [4.78, 5) is 44.5. The first kappa shape index (κ1) is 20.9. The number of hydrogen-bond donors (Lipinski definition) is 1. The van der Waals surface area contributed by atoms with Gasteiger partial charge in [-0.25, -0.2) is 0 Å². The van der Waals surface area contributed by atoms with E-state index in [1.54, 1.807) is 54.1 Å². The van der Waals surface area contributed by atoms with E-state index in [2.05, 4.69) is 10.3 Å². The predicted octanol–water partition coefficient (Wildman–Crippen LogP) is 2.76. The van der Waals surface area contributed by atoms with Gasteiger partial charge in [-0.1, -0.05) is 0 Å². The maximum atomic E-state index is 13.2. The van der Waals surface area contributed by atoms with Crippen LogP contribution in [0.25, 0.3) is 0 Å². The van der Waals surface area contributed by atoms with Crippen molar-refractivity contribution in [1.82, 2.24) is 14.5 Å². The van der Waals surface area contributed by atoms with Gasteiger partial charge >= 0.3 is 0 Å². The van der Waals surface area contributed by atoms with E-state index in [0.29, 0.717) is 36.5 Å². The first-order valence-electron chi connectivity index (χ1n) is 10.9. The van der Waals surface area contributed by atoms with Crippen molar-refractivity contribution in [2.45, 2.75) is 18.9 Å². The number of carbonyl (C=O) groups excluding carboxylic acids is 2. The van der Waals surface area contributed by atoms with Crippen molar-refractivity contribution in [1.29, 1.82) is 0 Å². The fraction of sp³-hybridized carbons (Fsp3) is 0.280. The molecule has 2 aliphatic heterocycles. The molecule has 2 bridgehead atoms. The molecule has 8 heteroatoms. The molecule has 2 aromatic heterocycles. The molecule has 1 fully saturated rings. The lowest BCUT2D eigenvalue weighted by Crippen LogP contribution is -2.49. The van der Waals surface area contributed by atoms with E-state index in [4.69, 9.17) is 4.74 Å². The van der Waals surface area contributed by atoms with Crippen molar-refractivity contribution in [2.75, 3.05) is 25.5 Å². The molecule has 0 radical (unpaired) electrons. The molecule has 5 rings (SSSR count). The highest BCUT2D eigenvalue weighted by Crippen LogP contribution is 2.36. The molecule has 0 saturated carbocycles. The van der Waals surface area contributed by atoms with Gasteiger partial charge in [-0.05, 0) is 60.9 Å². The van der Waals surface area contributed by atoms with Crippen LogP contribution in [-0.2, 0) is 6.54 Å². The third kappa shape index (κ3) is 4.00. The van der Waals surface area contributed by atoms with Crippen LogP contribution >= 0.6 is 0 Å². The van der Waals surface area contributed by atoms with Gasteiger partial charge in [-0.2, -0.15) is 0 Å². The minimum Gasteiger partial charge on any atom is -0.497 e. The van der Waals surface area contributed by atoms with E-state index in [1.807, 2.05) is 11.0 Å². The molecule has 4 heterocycles. The molecule has 8 nitrogen and oxygen atoms in total. The van der Waals surface area contributed by atoms with E-state index >= 15 is 0 Å². The van der Waals surface area contributed by atoms with Crippen LogP contribution in [-0.4, -0.2) is 46.5 Å². The first-order chi connectivity index (χ1) is 16.0. The molecule has 0 spiro atoms. The number of benzene rings is 1. The Morgan fingerprint density at radius 3 is 2.45 bits per heavy atom. The number of amides is 2. The molecule has 2 aliphatic rings. The summed E-state index contributed by atoms with van der Waals surface area (Å²) in [5.41, 5.74) is 2.02. The summed E-state index contributed by atoms with van der Waals surface area (Å²) >= 11 is 0. The Balaban J connectivity index is 1.36. The fourth-order valence-corrected chi connectivity index (χ4v) is 4.82. The van der Waals surface area contributed by atoms with Crippen molar-refractivity contribution < 1.29 is 14.3 Å². The molecule has 2 unspecified atom stereocenters. The van der Waals surface area contributed by atoms with E-state index in [-0.39, 0.29) is 34.9 Å². The normalized spacial score (nSPS) is 18.9. The molecular weight excluding hydrogens is 420 g/mol. The number of carbonyl (C=O) groups is 2. The van der Waals surface area contributed by atoms with Crippen molar-refractivity contribution in [2.24, 2.45) is 5.92 Å². The standard InChI is InChI=1S/C25H24N4O4/c1-33-20-4-2-18(3-5-20)24(31)28-13-16-12-19(15-28)22-7-6-21(25(32)29(22)14-16)27-23(30)17-8-10-26-11-9-17/h2-11,16,19H,12-15H2,1H3,(H,27,30). The number of nitrogens with one attached hydrogen (secondary N) is 1. The molecular formula is C25H24N4O4. The van der Waals surface area contributed by atoms with Crippen molar-refractivity contribution >= 4 is 17.5 Å². The fourth-order valence-electron chi connectivity index (χ4n) is 4.82. The molecule has 1 saturated heterocycles. The summed E-state index contributed by atoms with van der Waals surface area (Å²) in [5, 5.41) is 2.73. The Hall–Kier alpha value is -3.94. The maximum Gasteiger partial charge on any atom is 0.274 e. The average molecular weight is 444 g/mol. The highest BCUT2D eigenvalue weighted by molar-refractivity contribution is 6.04. The molecule has 2 atom stereocenters. The number of piperidine rings is 1. The predicted molar refractivity (Wildman–Crippen MR) is 123 cm³/mol. The summed E-state index contributed by atoms with van der Waals surface area (Å²) in [5.74, 6) is 0.619.